The fraction of sp³-hybridized carbons (Fsp3) is 0.818. The maximum Gasteiger partial charge on any atom is 0.0765 e. The van der Waals surface area contributed by atoms with Crippen molar-refractivity contribution in [3.63, 3.8) is 0 Å². The monoisotopic (exact) mass is 185 g/mol. The molecule has 0 amide bonds. The summed E-state index contributed by atoms with van der Waals surface area (Å²) in [5, 5.41) is 3.25. The van der Waals surface area contributed by atoms with Crippen molar-refractivity contribution in [3.8, 4) is 0 Å². The van der Waals surface area contributed by atoms with Crippen LogP contribution in [0.4, 0.5) is 0 Å². The summed E-state index contributed by atoms with van der Waals surface area (Å²) >= 11 is 0. The highest BCUT2D eigenvalue weighted by Gasteiger charge is 2.19. The maximum atomic E-state index is 5.67. The molecule has 78 valence electrons. The molecule has 0 aliphatic carbocycles. The number of nitrogens with one attached hydrogen (secondary N) is 1. The van der Waals surface area contributed by atoms with Gasteiger partial charge in [0.1, 0.15) is 0 Å². The third-order valence-electron chi connectivity index (χ3n) is 2.17. The van der Waals surface area contributed by atoms with Crippen LogP contribution in [0.3, 0.4) is 0 Å². The van der Waals surface area contributed by atoms with Gasteiger partial charge in [-0.1, -0.05) is 25.5 Å². The summed E-state index contributed by atoms with van der Waals surface area (Å²) in [6, 6.07) is 0.292. The van der Waals surface area contributed by atoms with E-state index < -0.39 is 0 Å². The van der Waals surface area contributed by atoms with E-state index in [1.807, 2.05) is 20.9 Å². The highest BCUT2D eigenvalue weighted by atomic mass is 16.5. The minimum atomic E-state index is 0.275. The molecule has 0 aromatic heterocycles. The Kier molecular flexibility index (Phi) is 6.92. The van der Waals surface area contributed by atoms with Gasteiger partial charge in [0.2, 0.25) is 0 Å². The Morgan fingerprint density at radius 1 is 1.46 bits per heavy atom. The lowest BCUT2D eigenvalue weighted by atomic mass is 10.0. The van der Waals surface area contributed by atoms with E-state index in [9.17, 15) is 0 Å². The normalized spacial score (nSPS) is 15.4. The second-order valence-corrected chi connectivity index (χ2v) is 3.40. The van der Waals surface area contributed by atoms with Crippen molar-refractivity contribution in [1.82, 2.24) is 5.32 Å². The van der Waals surface area contributed by atoms with E-state index in [-0.39, 0.29) is 6.10 Å². The summed E-state index contributed by atoms with van der Waals surface area (Å²) in [5.41, 5.74) is 1.15. The predicted octanol–water partition coefficient (Wildman–Crippen LogP) is 2.36. The zero-order valence-corrected chi connectivity index (χ0v) is 9.39. The number of ether oxygens (including phenoxy) is 1. The first-order valence-electron chi connectivity index (χ1n) is 5.11. The topological polar surface area (TPSA) is 21.3 Å². The summed E-state index contributed by atoms with van der Waals surface area (Å²) in [5.74, 6) is 0. The van der Waals surface area contributed by atoms with Gasteiger partial charge in [-0.15, -0.1) is 0 Å². The molecule has 0 rings (SSSR count). The summed E-state index contributed by atoms with van der Waals surface area (Å²) in [6.07, 6.45) is 2.51. The van der Waals surface area contributed by atoms with E-state index in [1.54, 1.807) is 0 Å². The van der Waals surface area contributed by atoms with Crippen molar-refractivity contribution in [1.29, 1.82) is 0 Å². The molecule has 1 N–H and O–H groups in total. The first-order valence-corrected chi connectivity index (χ1v) is 5.11. The molecule has 0 spiro atoms. The van der Waals surface area contributed by atoms with E-state index in [1.165, 1.54) is 0 Å². The van der Waals surface area contributed by atoms with E-state index in [4.69, 9.17) is 4.74 Å². The van der Waals surface area contributed by atoms with Crippen molar-refractivity contribution in [2.45, 2.75) is 45.8 Å². The smallest absolute Gasteiger partial charge is 0.0765 e. The van der Waals surface area contributed by atoms with E-state index >= 15 is 0 Å². The quantitative estimate of drug-likeness (QED) is 0.615. The number of rotatable bonds is 7. The molecule has 2 nitrogen and oxygen atoms in total. The molecular weight excluding hydrogens is 162 g/mol. The summed E-state index contributed by atoms with van der Waals surface area (Å²) in [7, 11) is 1.96. The molecular formula is C11H23NO. The Bertz CT molecular complexity index is 139. The number of likely N-dealkylation sites (N-methyl/N-ethyl adjacent to an activating group) is 1. The van der Waals surface area contributed by atoms with Gasteiger partial charge in [0.05, 0.1) is 12.1 Å². The van der Waals surface area contributed by atoms with Gasteiger partial charge in [0, 0.05) is 6.61 Å². The molecule has 0 aromatic carbocycles. The van der Waals surface area contributed by atoms with Crippen LogP contribution in [0, 0.1) is 0 Å². The van der Waals surface area contributed by atoms with Crippen LogP contribution in [0.5, 0.6) is 0 Å². The average Bonchev–Trinajstić information content (AvgIpc) is 2.05. The second kappa shape index (κ2) is 7.10. The van der Waals surface area contributed by atoms with E-state index in [2.05, 4.69) is 18.8 Å². The lowest BCUT2D eigenvalue weighted by Crippen LogP contribution is -2.40. The molecule has 0 bridgehead atoms. The minimum Gasteiger partial charge on any atom is -0.377 e. The van der Waals surface area contributed by atoms with Gasteiger partial charge in [0.25, 0.3) is 0 Å². The van der Waals surface area contributed by atoms with Crippen LogP contribution < -0.4 is 5.32 Å². The Morgan fingerprint density at radius 3 is 2.38 bits per heavy atom. The Balaban J connectivity index is 4.20. The fourth-order valence-electron chi connectivity index (χ4n) is 1.59. The third kappa shape index (κ3) is 4.44. The highest BCUT2D eigenvalue weighted by molar-refractivity contribution is 5.04. The lowest BCUT2D eigenvalue weighted by molar-refractivity contribution is 0.0387. The van der Waals surface area contributed by atoms with Crippen molar-refractivity contribution >= 4 is 0 Å². The Labute approximate surface area is 82.4 Å². The standard InChI is InChI=1S/C11H23NO/c1-6-8-10(13-7-2)11(12-5)9(3)4/h10-12H,3,6-8H2,1-2,4-5H3. The molecule has 0 aliphatic heterocycles. The molecule has 0 aliphatic rings. The minimum absolute atomic E-state index is 0.275. The molecule has 2 heteroatoms. The Morgan fingerprint density at radius 2 is 2.08 bits per heavy atom. The molecule has 13 heavy (non-hydrogen) atoms. The van der Waals surface area contributed by atoms with Crippen LogP contribution >= 0.6 is 0 Å². The van der Waals surface area contributed by atoms with E-state index in [0.717, 1.165) is 25.0 Å². The van der Waals surface area contributed by atoms with Crippen LogP contribution in [0.15, 0.2) is 12.2 Å². The van der Waals surface area contributed by atoms with Crippen molar-refractivity contribution in [3.05, 3.63) is 12.2 Å². The van der Waals surface area contributed by atoms with Crippen molar-refractivity contribution < 1.29 is 4.74 Å². The number of hydrogen-bond donors (Lipinski definition) is 1. The third-order valence-corrected chi connectivity index (χ3v) is 2.17. The van der Waals surface area contributed by atoms with Gasteiger partial charge in [-0.3, -0.25) is 0 Å². The average molecular weight is 185 g/mol. The second-order valence-electron chi connectivity index (χ2n) is 3.40. The van der Waals surface area contributed by atoms with Gasteiger partial charge in [0.15, 0.2) is 0 Å². The first kappa shape index (κ1) is 12.7. The van der Waals surface area contributed by atoms with Crippen molar-refractivity contribution in [2.24, 2.45) is 0 Å². The van der Waals surface area contributed by atoms with Crippen molar-refractivity contribution in [2.75, 3.05) is 13.7 Å². The van der Waals surface area contributed by atoms with Crippen LogP contribution in [-0.4, -0.2) is 25.8 Å². The van der Waals surface area contributed by atoms with E-state index in [0.29, 0.717) is 6.04 Å². The highest BCUT2D eigenvalue weighted by Crippen LogP contribution is 2.12. The van der Waals surface area contributed by atoms with Gasteiger partial charge in [-0.25, -0.2) is 0 Å². The van der Waals surface area contributed by atoms with Crippen LogP contribution in [-0.2, 0) is 4.74 Å². The molecule has 0 radical (unpaired) electrons. The maximum absolute atomic E-state index is 5.67. The molecule has 2 unspecified atom stereocenters. The molecule has 0 fully saturated rings. The van der Waals surface area contributed by atoms with Crippen LogP contribution in [0.2, 0.25) is 0 Å². The molecule has 0 aromatic rings. The molecule has 0 heterocycles. The zero-order chi connectivity index (χ0) is 10.3. The van der Waals surface area contributed by atoms with Gasteiger partial charge in [-0.2, -0.15) is 0 Å². The first-order chi connectivity index (χ1) is 6.17. The van der Waals surface area contributed by atoms with Crippen LogP contribution in [0.1, 0.15) is 33.6 Å². The summed E-state index contributed by atoms with van der Waals surface area (Å²) in [4.78, 5) is 0. The van der Waals surface area contributed by atoms with Gasteiger partial charge in [-0.05, 0) is 27.3 Å². The summed E-state index contributed by atoms with van der Waals surface area (Å²) in [6.45, 7) is 11.0. The molecule has 0 saturated heterocycles. The zero-order valence-electron chi connectivity index (χ0n) is 9.39. The van der Waals surface area contributed by atoms with Gasteiger partial charge >= 0.3 is 0 Å². The molecule has 0 saturated carbocycles. The van der Waals surface area contributed by atoms with Gasteiger partial charge < -0.3 is 10.1 Å². The van der Waals surface area contributed by atoms with Crippen LogP contribution in [0.25, 0.3) is 0 Å². The molecule has 2 atom stereocenters. The predicted molar refractivity (Wildman–Crippen MR) is 58.0 cm³/mol. The lowest BCUT2D eigenvalue weighted by Gasteiger charge is -2.26. The number of hydrogen-bond acceptors (Lipinski definition) is 2. The largest absolute Gasteiger partial charge is 0.377 e. The fourth-order valence-corrected chi connectivity index (χ4v) is 1.59. The SMILES string of the molecule is C=C(C)C(NC)C(CCC)OCC. The Hall–Kier alpha value is -0.340. The summed E-state index contributed by atoms with van der Waals surface area (Å²) < 4.78 is 5.67.